The maximum absolute atomic E-state index is 14.2. The average Bonchev–Trinajstić information content (AvgIpc) is 2.87. The first-order chi connectivity index (χ1) is 16.6. The molecule has 0 saturated carbocycles. The van der Waals surface area contributed by atoms with Crippen molar-refractivity contribution < 1.29 is 4.79 Å². The van der Waals surface area contributed by atoms with Crippen LogP contribution >= 0.6 is 31.9 Å². The third-order valence-corrected chi connectivity index (χ3v) is 6.86. The fourth-order valence-electron chi connectivity index (χ4n) is 3.95. The molecular formula is C29H26Br2N2O. The number of ketones is 1. The molecule has 4 aromatic rings. The molecule has 0 aliphatic heterocycles. The Morgan fingerprint density at radius 2 is 0.912 bits per heavy atom. The Morgan fingerprint density at radius 1 is 0.559 bits per heavy atom. The number of anilines is 2. The van der Waals surface area contributed by atoms with Gasteiger partial charge in [-0.2, -0.15) is 0 Å². The second-order valence-corrected chi connectivity index (χ2v) is 9.94. The molecule has 5 heteroatoms. The Balaban J connectivity index is 1.64. The van der Waals surface area contributed by atoms with E-state index in [9.17, 15) is 4.79 Å². The maximum Gasteiger partial charge on any atom is 0.151 e. The quantitative estimate of drug-likeness (QED) is 0.201. The summed E-state index contributed by atoms with van der Waals surface area (Å²) >= 11 is 7.03. The van der Waals surface area contributed by atoms with Gasteiger partial charge in [0.1, 0.15) is 0 Å². The largest absolute Gasteiger partial charge is 0.384 e. The van der Waals surface area contributed by atoms with Crippen molar-refractivity contribution >= 4 is 49.0 Å². The Bertz CT molecular complexity index is 1090. The zero-order chi connectivity index (χ0) is 23.8. The van der Waals surface area contributed by atoms with Gasteiger partial charge in [0.2, 0.25) is 0 Å². The van der Waals surface area contributed by atoms with Gasteiger partial charge in [0.25, 0.3) is 0 Å². The van der Waals surface area contributed by atoms with Crippen molar-refractivity contribution in [3.63, 3.8) is 0 Å². The third kappa shape index (κ3) is 6.58. The number of Topliss-reactive ketones (excluding diaryl/α,β-unsaturated/α-hetero) is 1. The van der Waals surface area contributed by atoms with Gasteiger partial charge in [-0.25, -0.2) is 0 Å². The summed E-state index contributed by atoms with van der Waals surface area (Å²) in [5.74, 6) is -0.435. The number of benzene rings is 4. The first kappa shape index (κ1) is 24.2. The van der Waals surface area contributed by atoms with Gasteiger partial charge in [-0.3, -0.25) is 4.79 Å². The molecule has 0 saturated heterocycles. The first-order valence-electron chi connectivity index (χ1n) is 11.2. The van der Waals surface area contributed by atoms with Gasteiger partial charge >= 0.3 is 0 Å². The molecule has 2 unspecified atom stereocenters. The number of para-hydroxylation sites is 2. The first-order valence-corrected chi connectivity index (χ1v) is 12.8. The maximum atomic E-state index is 14.2. The van der Waals surface area contributed by atoms with E-state index in [2.05, 4.69) is 42.5 Å². The van der Waals surface area contributed by atoms with Crippen LogP contribution in [-0.2, 0) is 4.79 Å². The third-order valence-electron chi connectivity index (χ3n) is 5.80. The van der Waals surface area contributed by atoms with Crippen LogP contribution in [0.5, 0.6) is 0 Å². The van der Waals surface area contributed by atoms with Gasteiger partial charge in [-0.15, -0.1) is 0 Å². The number of hydrogen-bond acceptors (Lipinski definition) is 3. The molecule has 34 heavy (non-hydrogen) atoms. The number of rotatable bonds is 10. The molecule has 0 aliphatic carbocycles. The lowest BCUT2D eigenvalue weighted by Gasteiger charge is -2.25. The summed E-state index contributed by atoms with van der Waals surface area (Å²) in [6.07, 6.45) is 0. The summed E-state index contributed by atoms with van der Waals surface area (Å²) in [5, 5.41) is 6.94. The molecule has 0 heterocycles. The summed E-state index contributed by atoms with van der Waals surface area (Å²) in [6, 6.07) is 36.1. The van der Waals surface area contributed by atoms with E-state index in [4.69, 9.17) is 0 Å². The normalized spacial score (nSPS) is 12.5. The molecule has 2 N–H and O–H groups in total. The monoisotopic (exact) mass is 576 g/mol. The summed E-state index contributed by atoms with van der Waals surface area (Å²) in [6.45, 7) is 1.03. The Labute approximate surface area is 217 Å². The van der Waals surface area contributed by atoms with Crippen molar-refractivity contribution in [1.29, 1.82) is 0 Å². The van der Waals surface area contributed by atoms with E-state index in [1.807, 2.05) is 109 Å². The molecule has 0 aliphatic rings. The zero-order valence-corrected chi connectivity index (χ0v) is 21.8. The molecule has 4 aromatic carbocycles. The summed E-state index contributed by atoms with van der Waals surface area (Å²) < 4.78 is 1.99. The highest BCUT2D eigenvalue weighted by atomic mass is 79.9. The predicted octanol–water partition coefficient (Wildman–Crippen LogP) is 7.87. The molecule has 0 fully saturated rings. The topological polar surface area (TPSA) is 41.1 Å². The minimum absolute atomic E-state index is 0.177. The van der Waals surface area contributed by atoms with E-state index in [1.165, 1.54) is 0 Å². The lowest BCUT2D eigenvalue weighted by molar-refractivity contribution is -0.121. The van der Waals surface area contributed by atoms with Crippen molar-refractivity contribution in [1.82, 2.24) is 0 Å². The van der Waals surface area contributed by atoms with Crippen LogP contribution in [0.1, 0.15) is 23.0 Å². The lowest BCUT2D eigenvalue weighted by atomic mass is 9.83. The SMILES string of the molecule is O=C(C(CNc1ccccc1)c1ccc(Br)cc1)C(CNc1ccccc1)c1ccc(Br)cc1. The minimum Gasteiger partial charge on any atom is -0.384 e. The van der Waals surface area contributed by atoms with Gasteiger partial charge in [0.05, 0.1) is 11.8 Å². The molecule has 0 bridgehead atoms. The highest BCUT2D eigenvalue weighted by Gasteiger charge is 2.29. The van der Waals surface area contributed by atoms with Gasteiger partial charge in [-0.1, -0.05) is 92.5 Å². The van der Waals surface area contributed by atoms with Crippen LogP contribution in [0, 0.1) is 0 Å². The van der Waals surface area contributed by atoms with Crippen molar-refractivity contribution in [2.24, 2.45) is 0 Å². The number of nitrogens with one attached hydrogen (secondary N) is 2. The van der Waals surface area contributed by atoms with Crippen LogP contribution in [0.2, 0.25) is 0 Å². The number of carbonyl (C=O) groups excluding carboxylic acids is 1. The average molecular weight is 578 g/mol. The van der Waals surface area contributed by atoms with Crippen molar-refractivity contribution in [2.45, 2.75) is 11.8 Å². The molecular weight excluding hydrogens is 552 g/mol. The van der Waals surface area contributed by atoms with E-state index >= 15 is 0 Å². The number of hydrogen-bond donors (Lipinski definition) is 2. The predicted molar refractivity (Wildman–Crippen MR) is 149 cm³/mol. The lowest BCUT2D eigenvalue weighted by Crippen LogP contribution is -2.30. The van der Waals surface area contributed by atoms with Gasteiger partial charge in [-0.05, 0) is 59.7 Å². The Kier molecular flexibility index (Phi) is 8.56. The molecule has 0 radical (unpaired) electrons. The Hall–Kier alpha value is -2.89. The number of carbonyl (C=O) groups is 1. The van der Waals surface area contributed by atoms with Crippen LogP contribution in [-0.4, -0.2) is 18.9 Å². The molecule has 172 valence electrons. The number of halogens is 2. The highest BCUT2D eigenvalue weighted by molar-refractivity contribution is 9.10. The van der Waals surface area contributed by atoms with Crippen LogP contribution in [0.15, 0.2) is 118 Å². The Morgan fingerprint density at radius 3 is 1.26 bits per heavy atom. The van der Waals surface area contributed by atoms with Crippen molar-refractivity contribution in [2.75, 3.05) is 23.7 Å². The van der Waals surface area contributed by atoms with E-state index in [1.54, 1.807) is 0 Å². The van der Waals surface area contributed by atoms with E-state index in [0.717, 1.165) is 31.4 Å². The van der Waals surface area contributed by atoms with E-state index in [0.29, 0.717) is 13.1 Å². The molecule has 0 spiro atoms. The highest BCUT2D eigenvalue weighted by Crippen LogP contribution is 2.29. The zero-order valence-electron chi connectivity index (χ0n) is 18.6. The van der Waals surface area contributed by atoms with Crippen LogP contribution in [0.3, 0.4) is 0 Å². The van der Waals surface area contributed by atoms with Crippen LogP contribution < -0.4 is 10.6 Å². The molecule has 0 aromatic heterocycles. The summed E-state index contributed by atoms with van der Waals surface area (Å²) in [5.41, 5.74) is 4.00. The smallest absolute Gasteiger partial charge is 0.151 e. The van der Waals surface area contributed by atoms with Gasteiger partial charge in [0, 0.05) is 33.4 Å². The van der Waals surface area contributed by atoms with Crippen LogP contribution in [0.25, 0.3) is 0 Å². The summed E-state index contributed by atoms with van der Waals surface area (Å²) in [7, 11) is 0. The fourth-order valence-corrected chi connectivity index (χ4v) is 4.48. The molecule has 2 atom stereocenters. The standard InChI is InChI=1S/C29H26Br2N2O/c30-23-15-11-21(12-16-23)27(19-32-25-7-3-1-4-8-25)29(34)28(22-13-17-24(31)18-14-22)20-33-26-9-5-2-6-10-26/h1-18,27-28,32-33H,19-20H2. The molecule has 0 amide bonds. The second-order valence-electron chi connectivity index (χ2n) is 8.10. The van der Waals surface area contributed by atoms with Crippen molar-refractivity contribution in [3.8, 4) is 0 Å². The van der Waals surface area contributed by atoms with E-state index in [-0.39, 0.29) is 17.6 Å². The second kappa shape index (κ2) is 12.0. The molecule has 3 nitrogen and oxygen atoms in total. The van der Waals surface area contributed by atoms with E-state index < -0.39 is 0 Å². The summed E-state index contributed by atoms with van der Waals surface area (Å²) in [4.78, 5) is 14.2. The van der Waals surface area contributed by atoms with Gasteiger partial charge < -0.3 is 10.6 Å². The fraction of sp³-hybridized carbons (Fsp3) is 0.138. The van der Waals surface area contributed by atoms with Gasteiger partial charge in [0.15, 0.2) is 5.78 Å². The molecule has 4 rings (SSSR count). The minimum atomic E-state index is -0.306. The van der Waals surface area contributed by atoms with Crippen molar-refractivity contribution in [3.05, 3.63) is 129 Å². The van der Waals surface area contributed by atoms with Crippen LogP contribution in [0.4, 0.5) is 11.4 Å².